The molecule has 0 radical (unpaired) electrons. The number of hydrogen-bond acceptors (Lipinski definition) is 2. The van der Waals surface area contributed by atoms with Gasteiger partial charge < -0.3 is 4.90 Å². The van der Waals surface area contributed by atoms with Crippen molar-refractivity contribution in [2.45, 2.75) is 6.42 Å². The summed E-state index contributed by atoms with van der Waals surface area (Å²) in [6, 6.07) is 16.2. The molecular formula is C16H13ClN2O. The summed E-state index contributed by atoms with van der Waals surface area (Å²) in [4.78, 5) is 13.8. The van der Waals surface area contributed by atoms with Crippen LogP contribution in [-0.2, 0) is 11.2 Å². The second kappa shape index (κ2) is 6.23. The number of anilines is 1. The third kappa shape index (κ3) is 3.37. The van der Waals surface area contributed by atoms with Crippen LogP contribution in [0.15, 0.2) is 48.5 Å². The van der Waals surface area contributed by atoms with Crippen molar-refractivity contribution in [2.75, 3.05) is 11.9 Å². The number of halogens is 1. The molecule has 100 valence electrons. The van der Waals surface area contributed by atoms with E-state index in [1.165, 1.54) is 0 Å². The summed E-state index contributed by atoms with van der Waals surface area (Å²) in [5.41, 5.74) is 2.26. The number of likely N-dealkylation sites (N-methyl/N-ethyl adjacent to an activating group) is 1. The van der Waals surface area contributed by atoms with Crippen LogP contribution in [0.3, 0.4) is 0 Å². The third-order valence-electron chi connectivity index (χ3n) is 3.03. The first-order chi connectivity index (χ1) is 9.60. The van der Waals surface area contributed by atoms with Gasteiger partial charge in [-0.05, 0) is 42.0 Å². The Balaban J connectivity index is 2.08. The standard InChI is InChI=1S/C16H13ClN2O/c1-19(15-8-4-13(11-18)5-9-15)16(20)10-12-2-6-14(17)7-3-12/h2-9H,10H2,1H3. The van der Waals surface area contributed by atoms with Gasteiger partial charge >= 0.3 is 0 Å². The maximum Gasteiger partial charge on any atom is 0.231 e. The fraction of sp³-hybridized carbons (Fsp3) is 0.125. The predicted octanol–water partition coefficient (Wildman–Crippen LogP) is 3.42. The Morgan fingerprint density at radius 3 is 2.30 bits per heavy atom. The van der Waals surface area contributed by atoms with E-state index < -0.39 is 0 Å². The molecule has 0 fully saturated rings. The molecule has 2 rings (SSSR count). The Morgan fingerprint density at radius 2 is 1.75 bits per heavy atom. The highest BCUT2D eigenvalue weighted by atomic mass is 35.5. The lowest BCUT2D eigenvalue weighted by molar-refractivity contribution is -0.117. The molecule has 0 heterocycles. The first kappa shape index (κ1) is 14.1. The van der Waals surface area contributed by atoms with Gasteiger partial charge in [-0.3, -0.25) is 4.79 Å². The quantitative estimate of drug-likeness (QED) is 0.867. The second-order valence-corrected chi connectivity index (χ2v) is 4.85. The number of carbonyl (C=O) groups excluding carboxylic acids is 1. The normalized spacial score (nSPS) is 9.85. The van der Waals surface area contributed by atoms with Crippen LogP contribution in [0.2, 0.25) is 5.02 Å². The van der Waals surface area contributed by atoms with E-state index in [0.717, 1.165) is 11.3 Å². The average molecular weight is 285 g/mol. The lowest BCUT2D eigenvalue weighted by atomic mass is 10.1. The van der Waals surface area contributed by atoms with E-state index in [2.05, 4.69) is 6.07 Å². The molecular weight excluding hydrogens is 272 g/mol. The topological polar surface area (TPSA) is 44.1 Å². The van der Waals surface area contributed by atoms with E-state index in [1.54, 1.807) is 48.3 Å². The largest absolute Gasteiger partial charge is 0.315 e. The van der Waals surface area contributed by atoms with E-state index in [0.29, 0.717) is 17.0 Å². The molecule has 0 spiro atoms. The fourth-order valence-electron chi connectivity index (χ4n) is 1.80. The molecule has 0 aromatic heterocycles. The lowest BCUT2D eigenvalue weighted by Crippen LogP contribution is -2.27. The Kier molecular flexibility index (Phi) is 4.39. The van der Waals surface area contributed by atoms with Crippen molar-refractivity contribution >= 4 is 23.2 Å². The molecule has 3 nitrogen and oxygen atoms in total. The van der Waals surface area contributed by atoms with Gasteiger partial charge in [0.2, 0.25) is 5.91 Å². The van der Waals surface area contributed by atoms with Gasteiger partial charge in [0.15, 0.2) is 0 Å². The zero-order valence-corrected chi connectivity index (χ0v) is 11.8. The number of benzene rings is 2. The minimum Gasteiger partial charge on any atom is -0.315 e. The molecule has 0 aliphatic rings. The minimum absolute atomic E-state index is 0.0166. The minimum atomic E-state index is -0.0166. The number of nitriles is 1. The van der Waals surface area contributed by atoms with E-state index in [1.807, 2.05) is 12.1 Å². The average Bonchev–Trinajstić information content (AvgIpc) is 2.49. The first-order valence-electron chi connectivity index (χ1n) is 6.11. The van der Waals surface area contributed by atoms with Gasteiger partial charge in [0.05, 0.1) is 18.1 Å². The summed E-state index contributed by atoms with van der Waals surface area (Å²) < 4.78 is 0. The van der Waals surface area contributed by atoms with E-state index in [9.17, 15) is 4.79 Å². The number of hydrogen-bond donors (Lipinski definition) is 0. The SMILES string of the molecule is CN(C(=O)Cc1ccc(Cl)cc1)c1ccc(C#N)cc1. The highest BCUT2D eigenvalue weighted by Crippen LogP contribution is 2.16. The maximum atomic E-state index is 12.2. The van der Waals surface area contributed by atoms with Crippen LogP contribution in [0.1, 0.15) is 11.1 Å². The van der Waals surface area contributed by atoms with Gasteiger partial charge in [-0.15, -0.1) is 0 Å². The van der Waals surface area contributed by atoms with Crippen molar-refractivity contribution in [1.82, 2.24) is 0 Å². The Bertz CT molecular complexity index is 642. The van der Waals surface area contributed by atoms with Gasteiger partial charge in [0.1, 0.15) is 0 Å². The highest BCUT2D eigenvalue weighted by Gasteiger charge is 2.11. The zero-order chi connectivity index (χ0) is 14.5. The van der Waals surface area contributed by atoms with Crippen molar-refractivity contribution in [3.63, 3.8) is 0 Å². The highest BCUT2D eigenvalue weighted by molar-refractivity contribution is 6.30. The van der Waals surface area contributed by atoms with Crippen molar-refractivity contribution in [1.29, 1.82) is 5.26 Å². The third-order valence-corrected chi connectivity index (χ3v) is 3.28. The summed E-state index contributed by atoms with van der Waals surface area (Å²) >= 11 is 5.81. The van der Waals surface area contributed by atoms with Crippen LogP contribution < -0.4 is 4.90 Å². The number of amides is 1. The smallest absolute Gasteiger partial charge is 0.231 e. The predicted molar refractivity (Wildman–Crippen MR) is 79.7 cm³/mol. The first-order valence-corrected chi connectivity index (χ1v) is 6.49. The molecule has 0 saturated heterocycles. The molecule has 4 heteroatoms. The Morgan fingerprint density at radius 1 is 1.15 bits per heavy atom. The number of carbonyl (C=O) groups is 1. The molecule has 0 aliphatic carbocycles. The van der Waals surface area contributed by atoms with Crippen molar-refractivity contribution in [2.24, 2.45) is 0 Å². The summed E-state index contributed by atoms with van der Waals surface area (Å²) in [6.07, 6.45) is 0.313. The van der Waals surface area contributed by atoms with Crippen LogP contribution in [0.25, 0.3) is 0 Å². The number of rotatable bonds is 3. The van der Waals surface area contributed by atoms with Crippen molar-refractivity contribution in [3.05, 3.63) is 64.7 Å². The molecule has 2 aromatic rings. The Labute approximate surface area is 123 Å². The van der Waals surface area contributed by atoms with E-state index in [-0.39, 0.29) is 5.91 Å². The van der Waals surface area contributed by atoms with Crippen molar-refractivity contribution < 1.29 is 4.79 Å². The summed E-state index contributed by atoms with van der Waals surface area (Å²) in [5, 5.41) is 9.41. The van der Waals surface area contributed by atoms with E-state index in [4.69, 9.17) is 16.9 Å². The zero-order valence-electron chi connectivity index (χ0n) is 11.0. The van der Waals surface area contributed by atoms with Gasteiger partial charge in [0, 0.05) is 17.8 Å². The van der Waals surface area contributed by atoms with Gasteiger partial charge in [-0.2, -0.15) is 5.26 Å². The molecule has 0 aliphatic heterocycles. The number of nitrogens with zero attached hydrogens (tertiary/aromatic N) is 2. The van der Waals surface area contributed by atoms with Crippen LogP contribution >= 0.6 is 11.6 Å². The van der Waals surface area contributed by atoms with Crippen molar-refractivity contribution in [3.8, 4) is 6.07 Å². The summed E-state index contributed by atoms with van der Waals surface area (Å²) in [6.45, 7) is 0. The van der Waals surface area contributed by atoms with Gasteiger partial charge in [0.25, 0.3) is 0 Å². The summed E-state index contributed by atoms with van der Waals surface area (Å²) in [5.74, 6) is -0.0166. The lowest BCUT2D eigenvalue weighted by Gasteiger charge is -2.17. The summed E-state index contributed by atoms with van der Waals surface area (Å²) in [7, 11) is 1.72. The molecule has 0 atom stereocenters. The van der Waals surface area contributed by atoms with E-state index >= 15 is 0 Å². The van der Waals surface area contributed by atoms with Gasteiger partial charge in [-0.1, -0.05) is 23.7 Å². The molecule has 0 bridgehead atoms. The van der Waals surface area contributed by atoms with Crippen LogP contribution in [0, 0.1) is 11.3 Å². The fourth-order valence-corrected chi connectivity index (χ4v) is 1.93. The second-order valence-electron chi connectivity index (χ2n) is 4.41. The molecule has 20 heavy (non-hydrogen) atoms. The van der Waals surface area contributed by atoms with Gasteiger partial charge in [-0.25, -0.2) is 0 Å². The molecule has 2 aromatic carbocycles. The van der Waals surface area contributed by atoms with Crippen LogP contribution in [-0.4, -0.2) is 13.0 Å². The monoisotopic (exact) mass is 284 g/mol. The van der Waals surface area contributed by atoms with Crippen LogP contribution in [0.5, 0.6) is 0 Å². The molecule has 0 N–H and O–H groups in total. The maximum absolute atomic E-state index is 12.2. The van der Waals surface area contributed by atoms with Crippen LogP contribution in [0.4, 0.5) is 5.69 Å². The molecule has 1 amide bonds. The molecule has 0 unspecified atom stereocenters. The Hall–Kier alpha value is -2.31. The molecule has 0 saturated carbocycles.